The van der Waals surface area contributed by atoms with Crippen molar-refractivity contribution < 1.29 is 0 Å². The third-order valence-electron chi connectivity index (χ3n) is 3.94. The topological polar surface area (TPSA) is 12.9 Å². The molecule has 0 saturated heterocycles. The van der Waals surface area contributed by atoms with Crippen LogP contribution >= 0.6 is 0 Å². The lowest BCUT2D eigenvalue weighted by Gasteiger charge is -2.17. The van der Waals surface area contributed by atoms with Gasteiger partial charge in [-0.05, 0) is 40.7 Å². The van der Waals surface area contributed by atoms with Gasteiger partial charge < -0.3 is 0 Å². The molecule has 3 rings (SSSR count). The van der Waals surface area contributed by atoms with Crippen molar-refractivity contribution >= 4 is 0 Å². The molecule has 1 heterocycles. The highest BCUT2D eigenvalue weighted by atomic mass is 14.7. The van der Waals surface area contributed by atoms with E-state index >= 15 is 0 Å². The van der Waals surface area contributed by atoms with Crippen LogP contribution in [0.1, 0.15) is 36.6 Å². The first kappa shape index (κ1) is 14.5. The van der Waals surface area contributed by atoms with Crippen molar-refractivity contribution in [1.29, 1.82) is 0 Å². The average Bonchev–Trinajstić information content (AvgIpc) is 2.56. The van der Waals surface area contributed by atoms with E-state index in [0.717, 1.165) is 6.42 Å². The normalized spacial score (nSPS) is 10.9. The Labute approximate surface area is 132 Å². The third-order valence-corrected chi connectivity index (χ3v) is 3.94. The summed E-state index contributed by atoms with van der Waals surface area (Å²) < 4.78 is 0. The van der Waals surface area contributed by atoms with Gasteiger partial charge >= 0.3 is 0 Å². The zero-order valence-electron chi connectivity index (χ0n) is 13.2. The fourth-order valence-corrected chi connectivity index (χ4v) is 2.88. The lowest BCUT2D eigenvalue weighted by atomic mass is 9.90. The summed E-state index contributed by atoms with van der Waals surface area (Å²) in [5.41, 5.74) is 6.43. The first-order valence-corrected chi connectivity index (χ1v) is 7.83. The Kier molecular flexibility index (Phi) is 4.34. The maximum Gasteiger partial charge on any atom is 0.0470 e. The zero-order valence-corrected chi connectivity index (χ0v) is 13.2. The minimum Gasteiger partial charge on any atom is -0.261 e. The number of rotatable bonds is 4. The van der Waals surface area contributed by atoms with Crippen LogP contribution in [-0.2, 0) is 6.42 Å². The zero-order chi connectivity index (χ0) is 15.4. The van der Waals surface area contributed by atoms with Crippen LogP contribution in [-0.4, -0.2) is 4.98 Å². The summed E-state index contributed by atoms with van der Waals surface area (Å²) in [6, 6.07) is 23.4. The first-order valence-electron chi connectivity index (χ1n) is 7.83. The summed E-state index contributed by atoms with van der Waals surface area (Å²) in [5, 5.41) is 0. The van der Waals surface area contributed by atoms with Gasteiger partial charge in [0.2, 0.25) is 0 Å². The van der Waals surface area contributed by atoms with E-state index in [4.69, 9.17) is 0 Å². The molecule has 110 valence electrons. The van der Waals surface area contributed by atoms with E-state index in [1.807, 2.05) is 6.20 Å². The predicted octanol–water partition coefficient (Wildman–Crippen LogP) is 5.46. The molecule has 0 unspecified atom stereocenters. The number of hydrogen-bond acceptors (Lipinski definition) is 1. The number of hydrogen-bond donors (Lipinski definition) is 0. The molecule has 3 aromatic rings. The highest BCUT2D eigenvalue weighted by molar-refractivity contribution is 5.68. The Morgan fingerprint density at radius 2 is 1.45 bits per heavy atom. The predicted molar refractivity (Wildman–Crippen MR) is 93.0 cm³/mol. The van der Waals surface area contributed by atoms with Crippen molar-refractivity contribution in [3.05, 3.63) is 89.7 Å². The fraction of sp³-hybridized carbons (Fsp3) is 0.190. The maximum atomic E-state index is 4.66. The van der Waals surface area contributed by atoms with E-state index in [9.17, 15) is 0 Å². The molecule has 0 aliphatic rings. The maximum absolute atomic E-state index is 4.66. The molecule has 0 aliphatic heterocycles. The van der Waals surface area contributed by atoms with Crippen molar-refractivity contribution in [2.24, 2.45) is 0 Å². The van der Waals surface area contributed by atoms with Crippen molar-refractivity contribution in [2.75, 3.05) is 0 Å². The monoisotopic (exact) mass is 287 g/mol. The van der Waals surface area contributed by atoms with E-state index in [1.165, 1.54) is 27.9 Å². The molecule has 0 radical (unpaired) electrons. The minimum atomic E-state index is 0.419. The van der Waals surface area contributed by atoms with Crippen LogP contribution < -0.4 is 0 Å². The Morgan fingerprint density at radius 3 is 2.09 bits per heavy atom. The molecular formula is C21H21N. The quantitative estimate of drug-likeness (QED) is 0.620. The molecule has 1 aromatic heterocycles. The molecule has 0 saturated carbocycles. The van der Waals surface area contributed by atoms with Crippen LogP contribution in [0.3, 0.4) is 0 Å². The van der Waals surface area contributed by atoms with E-state index in [1.54, 1.807) is 0 Å². The van der Waals surface area contributed by atoms with Crippen LogP contribution in [0.25, 0.3) is 11.1 Å². The van der Waals surface area contributed by atoms with Gasteiger partial charge in [-0.3, -0.25) is 4.98 Å². The Morgan fingerprint density at radius 1 is 0.818 bits per heavy atom. The number of nitrogens with zero attached hydrogens (tertiary/aromatic N) is 1. The SMILES string of the molecule is CC(C)c1nccc(-c2ccccc2)c1Cc1ccccc1. The molecule has 0 amide bonds. The smallest absolute Gasteiger partial charge is 0.0470 e. The second kappa shape index (κ2) is 6.57. The number of aromatic nitrogens is 1. The van der Waals surface area contributed by atoms with Crippen molar-refractivity contribution in [3.63, 3.8) is 0 Å². The standard InChI is InChI=1S/C21H21N/c1-16(2)21-20(15-17-9-5-3-6-10-17)19(13-14-22-21)18-11-7-4-8-12-18/h3-14,16H,15H2,1-2H3. The van der Waals surface area contributed by atoms with Gasteiger partial charge in [-0.1, -0.05) is 74.5 Å². The molecule has 0 N–H and O–H groups in total. The number of pyridine rings is 1. The molecule has 0 fully saturated rings. The lowest BCUT2D eigenvalue weighted by Crippen LogP contribution is -2.03. The van der Waals surface area contributed by atoms with Crippen molar-refractivity contribution in [2.45, 2.75) is 26.2 Å². The Balaban J connectivity index is 2.12. The van der Waals surface area contributed by atoms with E-state index in [-0.39, 0.29) is 0 Å². The van der Waals surface area contributed by atoms with Gasteiger partial charge in [-0.25, -0.2) is 0 Å². The molecule has 0 bridgehead atoms. The fourth-order valence-electron chi connectivity index (χ4n) is 2.88. The van der Waals surface area contributed by atoms with Gasteiger partial charge in [0.05, 0.1) is 0 Å². The second-order valence-electron chi connectivity index (χ2n) is 5.91. The summed E-state index contributed by atoms with van der Waals surface area (Å²) >= 11 is 0. The van der Waals surface area contributed by atoms with E-state index < -0.39 is 0 Å². The molecule has 0 atom stereocenters. The minimum absolute atomic E-state index is 0.419. The van der Waals surface area contributed by atoms with Crippen LogP contribution in [0, 0.1) is 0 Å². The van der Waals surface area contributed by atoms with E-state index in [0.29, 0.717) is 5.92 Å². The molecule has 2 aromatic carbocycles. The summed E-state index contributed by atoms with van der Waals surface area (Å²) in [5.74, 6) is 0.419. The van der Waals surface area contributed by atoms with Crippen LogP contribution in [0.15, 0.2) is 72.9 Å². The lowest BCUT2D eigenvalue weighted by molar-refractivity contribution is 0.804. The molecule has 22 heavy (non-hydrogen) atoms. The summed E-state index contributed by atoms with van der Waals surface area (Å²) in [7, 11) is 0. The van der Waals surface area contributed by atoms with Gasteiger partial charge in [0.15, 0.2) is 0 Å². The van der Waals surface area contributed by atoms with Gasteiger partial charge in [-0.15, -0.1) is 0 Å². The van der Waals surface area contributed by atoms with Crippen LogP contribution in [0.5, 0.6) is 0 Å². The highest BCUT2D eigenvalue weighted by Gasteiger charge is 2.14. The highest BCUT2D eigenvalue weighted by Crippen LogP contribution is 2.30. The molecule has 1 heteroatoms. The van der Waals surface area contributed by atoms with Crippen LogP contribution in [0.2, 0.25) is 0 Å². The first-order chi connectivity index (χ1) is 10.8. The molecule has 1 nitrogen and oxygen atoms in total. The summed E-state index contributed by atoms with van der Waals surface area (Å²) in [4.78, 5) is 4.66. The van der Waals surface area contributed by atoms with Gasteiger partial charge in [-0.2, -0.15) is 0 Å². The Hall–Kier alpha value is -2.41. The van der Waals surface area contributed by atoms with Crippen molar-refractivity contribution in [3.8, 4) is 11.1 Å². The summed E-state index contributed by atoms with van der Waals surface area (Å²) in [6.45, 7) is 4.43. The molecular weight excluding hydrogens is 266 g/mol. The van der Waals surface area contributed by atoms with Gasteiger partial charge in [0, 0.05) is 11.9 Å². The second-order valence-corrected chi connectivity index (χ2v) is 5.91. The molecule has 0 spiro atoms. The largest absolute Gasteiger partial charge is 0.261 e. The summed E-state index contributed by atoms with van der Waals surface area (Å²) in [6.07, 6.45) is 2.86. The van der Waals surface area contributed by atoms with E-state index in [2.05, 4.69) is 85.6 Å². The van der Waals surface area contributed by atoms with Gasteiger partial charge in [0.1, 0.15) is 0 Å². The van der Waals surface area contributed by atoms with Crippen LogP contribution in [0.4, 0.5) is 0 Å². The third kappa shape index (κ3) is 3.09. The average molecular weight is 287 g/mol. The Bertz CT molecular complexity index is 730. The van der Waals surface area contributed by atoms with Crippen molar-refractivity contribution in [1.82, 2.24) is 4.98 Å². The molecule has 0 aliphatic carbocycles. The number of benzene rings is 2. The van der Waals surface area contributed by atoms with Gasteiger partial charge in [0.25, 0.3) is 0 Å².